The zero-order valence-corrected chi connectivity index (χ0v) is 50.9. The first-order valence-electron chi connectivity index (χ1n) is 29.2. The number of carbonyl (C=O) groups excluding carboxylic acids is 4. The molecule has 4 aromatic rings. The van der Waals surface area contributed by atoms with Gasteiger partial charge in [0.1, 0.15) is 34.2 Å². The third-order valence-electron chi connectivity index (χ3n) is 17.8. The van der Waals surface area contributed by atoms with Crippen molar-refractivity contribution in [3.63, 3.8) is 0 Å². The number of sulfonamides is 2. The Balaban J connectivity index is 0.000000159. The van der Waals surface area contributed by atoms with Gasteiger partial charge in [-0.3, -0.25) is 14.5 Å². The van der Waals surface area contributed by atoms with Gasteiger partial charge in [-0.2, -0.15) is 16.8 Å². The van der Waals surface area contributed by atoms with Crippen molar-refractivity contribution in [1.82, 2.24) is 44.5 Å². The van der Waals surface area contributed by atoms with E-state index in [-0.39, 0.29) is 49.5 Å². The summed E-state index contributed by atoms with van der Waals surface area (Å²) >= 11 is 6.14. The Labute approximate surface area is 492 Å². The molecule has 2 aliphatic carbocycles. The molecule has 5 N–H and O–H groups in total. The van der Waals surface area contributed by atoms with Gasteiger partial charge in [-0.15, -0.1) is 0 Å². The molecule has 6 fully saturated rings. The predicted octanol–water partition coefficient (Wildman–Crippen LogP) is 8.10. The minimum Gasteiger partial charge on any atom is -0.370 e. The Bertz CT molecular complexity index is 3360. The lowest BCUT2D eigenvalue weighted by molar-refractivity contribution is 0.0972. The first kappa shape index (κ1) is 59.6. The van der Waals surface area contributed by atoms with Gasteiger partial charge in [0, 0.05) is 76.5 Å². The smallest absolute Gasteiger partial charge is 0.325 e. The van der Waals surface area contributed by atoms with Crippen LogP contribution in [0.5, 0.6) is 0 Å². The van der Waals surface area contributed by atoms with E-state index in [1.807, 2.05) is 9.80 Å². The standard InChI is InChI=1S/C29H39N7O4S.C20H24ClN5O3S.C9H16N2O/c1-28(2)18-20-6-5-14-30-22-7-4-8-24(31-22)41(39,40)33-26(37)21-9-10-23(32-25(21)36(28)19-20)35-17-16-34(27(35)38)15-13-29(3)11-12-29;1-20(2)11-13-5-4-10-22-16-6-3-7-17(24-16)30(28,29)25-19(27)14-8-9-15(21)23-18(14)26(20)12-13;1-9(2-3-9)4-6-11-7-5-10-8(11)12/h4,7-10,20H,5-6,11-19H2,1-3H3,(H,30,31)(H,33,37);3,6-9,13H,4-5,10-12H2,1-2H3,(H,22,24)(H,25,27);2-7H2,1H3,(H,10,12)/t20-;13-;/m00./s1. The Kier molecular flexibility index (Phi) is 16.9. The second kappa shape index (κ2) is 23.5. The van der Waals surface area contributed by atoms with Gasteiger partial charge in [-0.1, -0.05) is 37.6 Å². The van der Waals surface area contributed by atoms with Crippen LogP contribution in [0.4, 0.5) is 38.7 Å². The summed E-state index contributed by atoms with van der Waals surface area (Å²) in [5.41, 5.74) is 0.691. The number of aromatic nitrogens is 4. The number of nitrogens with zero attached hydrogens (tertiary/aromatic N) is 9. The molecule has 25 heteroatoms. The molecule has 6 amide bonds. The van der Waals surface area contributed by atoms with E-state index in [1.165, 1.54) is 56.4 Å². The topological polar surface area (TPSA) is 264 Å². The van der Waals surface area contributed by atoms with Crippen LogP contribution in [-0.4, -0.2) is 147 Å². The van der Waals surface area contributed by atoms with E-state index < -0.39 is 31.9 Å². The fourth-order valence-corrected chi connectivity index (χ4v) is 14.2. The van der Waals surface area contributed by atoms with E-state index in [1.54, 1.807) is 41.3 Å². The first-order chi connectivity index (χ1) is 39.3. The Morgan fingerprint density at radius 1 is 0.566 bits per heavy atom. The summed E-state index contributed by atoms with van der Waals surface area (Å²) < 4.78 is 56.3. The lowest BCUT2D eigenvalue weighted by Gasteiger charge is -2.34. The van der Waals surface area contributed by atoms with Crippen LogP contribution < -0.4 is 40.1 Å². The summed E-state index contributed by atoms with van der Waals surface area (Å²) in [5.74, 6) is 1.43. The first-order valence-corrected chi connectivity index (χ1v) is 32.5. The van der Waals surface area contributed by atoms with Crippen LogP contribution in [0.25, 0.3) is 0 Å². The summed E-state index contributed by atoms with van der Waals surface area (Å²) in [6.07, 6.45) is 12.9. The van der Waals surface area contributed by atoms with Gasteiger partial charge in [-0.05, 0) is 176 Å². The number of urea groups is 2. The maximum Gasteiger partial charge on any atom is 0.325 e. The zero-order valence-electron chi connectivity index (χ0n) is 48.5. The third kappa shape index (κ3) is 14.0. The molecule has 4 aromatic heterocycles. The molecule has 0 radical (unpaired) electrons. The number of pyridine rings is 4. The Morgan fingerprint density at radius 3 is 1.55 bits per heavy atom. The maximum atomic E-state index is 13.6. The minimum atomic E-state index is -4.24. The van der Waals surface area contributed by atoms with Crippen LogP contribution in [0.3, 0.4) is 0 Å². The highest BCUT2D eigenvalue weighted by Gasteiger charge is 2.44. The molecular formula is C58H79ClN14O8S2. The number of fused-ring (bicyclic) bond motifs is 12. The van der Waals surface area contributed by atoms with Crippen molar-refractivity contribution >= 4 is 84.6 Å². The van der Waals surface area contributed by atoms with E-state index in [9.17, 15) is 36.0 Å². The monoisotopic (exact) mass is 1200 g/mol. The molecular weight excluding hydrogens is 1120 g/mol. The molecule has 12 rings (SSSR count). The third-order valence-corrected chi connectivity index (χ3v) is 20.4. The summed E-state index contributed by atoms with van der Waals surface area (Å²) in [4.78, 5) is 78.4. The average Bonchev–Trinajstić information content (AvgIpc) is 4.30. The van der Waals surface area contributed by atoms with Gasteiger partial charge in [0.2, 0.25) is 0 Å². The van der Waals surface area contributed by atoms with Crippen molar-refractivity contribution < 1.29 is 36.0 Å². The highest BCUT2D eigenvalue weighted by Crippen LogP contribution is 2.49. The van der Waals surface area contributed by atoms with E-state index in [2.05, 4.69) is 91.7 Å². The second-order valence-corrected chi connectivity index (χ2v) is 29.2. The molecule has 22 nitrogen and oxygen atoms in total. The normalized spacial score (nSPS) is 24.2. The van der Waals surface area contributed by atoms with Crippen molar-refractivity contribution in [2.45, 2.75) is 140 Å². The van der Waals surface area contributed by atoms with Gasteiger partial charge < -0.3 is 35.6 Å². The lowest BCUT2D eigenvalue weighted by Crippen LogP contribution is -2.41. The van der Waals surface area contributed by atoms with E-state index >= 15 is 0 Å². The number of halogens is 1. The van der Waals surface area contributed by atoms with Crippen LogP contribution in [0.15, 0.2) is 70.7 Å². The van der Waals surface area contributed by atoms with Crippen molar-refractivity contribution in [2.24, 2.45) is 22.7 Å². The summed E-state index contributed by atoms with van der Waals surface area (Å²) in [5, 5.41) is 8.99. The molecule has 0 spiro atoms. The molecule has 8 bridgehead atoms. The fourth-order valence-electron chi connectivity index (χ4n) is 12.1. The summed E-state index contributed by atoms with van der Waals surface area (Å²) in [6, 6.07) is 15.6. The highest BCUT2D eigenvalue weighted by atomic mass is 35.5. The van der Waals surface area contributed by atoms with Gasteiger partial charge in [0.15, 0.2) is 10.1 Å². The summed E-state index contributed by atoms with van der Waals surface area (Å²) in [7, 11) is -8.39. The lowest BCUT2D eigenvalue weighted by atomic mass is 9.93. The molecule has 2 saturated carbocycles. The molecule has 4 saturated heterocycles. The quantitative estimate of drug-likeness (QED) is 0.109. The average molecular weight is 1200 g/mol. The van der Waals surface area contributed by atoms with Crippen molar-refractivity contribution in [2.75, 3.05) is 90.8 Å². The van der Waals surface area contributed by atoms with Crippen LogP contribution in [-0.2, 0) is 20.0 Å². The van der Waals surface area contributed by atoms with E-state index in [4.69, 9.17) is 16.6 Å². The number of carbonyl (C=O) groups is 4. The molecule has 0 aromatic carbocycles. The van der Waals surface area contributed by atoms with Crippen molar-refractivity contribution in [1.29, 1.82) is 0 Å². The number of hydrogen-bond acceptors (Lipinski definition) is 16. The highest BCUT2D eigenvalue weighted by molar-refractivity contribution is 7.90. The summed E-state index contributed by atoms with van der Waals surface area (Å²) in [6.45, 7) is 20.3. The predicted molar refractivity (Wildman–Crippen MR) is 319 cm³/mol. The van der Waals surface area contributed by atoms with E-state index in [0.717, 1.165) is 77.7 Å². The van der Waals surface area contributed by atoms with Crippen molar-refractivity contribution in [3.05, 3.63) is 76.9 Å². The van der Waals surface area contributed by atoms with Crippen LogP contribution >= 0.6 is 11.6 Å². The minimum absolute atomic E-state index is 0.0807. The number of hydrogen-bond donors (Lipinski definition) is 5. The molecule has 2 atom stereocenters. The molecule has 0 unspecified atom stereocenters. The van der Waals surface area contributed by atoms with Gasteiger partial charge in [-0.25, -0.2) is 39.0 Å². The largest absolute Gasteiger partial charge is 0.370 e. The van der Waals surface area contributed by atoms with Crippen molar-refractivity contribution in [3.8, 4) is 0 Å². The molecule has 6 aliphatic heterocycles. The number of anilines is 5. The van der Waals surface area contributed by atoms with E-state index in [0.29, 0.717) is 84.5 Å². The van der Waals surface area contributed by atoms with Gasteiger partial charge >= 0.3 is 12.1 Å². The van der Waals surface area contributed by atoms with Crippen LogP contribution in [0, 0.1) is 22.7 Å². The molecule has 448 valence electrons. The van der Waals surface area contributed by atoms with Crippen LogP contribution in [0.1, 0.15) is 139 Å². The zero-order chi connectivity index (χ0) is 59.1. The van der Waals surface area contributed by atoms with Gasteiger partial charge in [0.25, 0.3) is 31.9 Å². The Morgan fingerprint density at radius 2 is 1.06 bits per heavy atom. The Hall–Kier alpha value is -6.53. The van der Waals surface area contributed by atoms with Crippen LogP contribution in [0.2, 0.25) is 5.15 Å². The SMILES string of the molecule is CC1(C)C[C@@H]2CCCNc3cccc(n3)S(=O)(=O)NC(=O)c3ccc(Cl)nc3N1C2.CC1(CCN2CCN(c3ccc4c(n3)N3C[C@@H](CCCNc5cccc(n5)S(=O)(=O)NC4=O)CC3(C)C)C2=O)CC1.CC1(CCN2CCNC2=O)CC1. The maximum absolute atomic E-state index is 13.6. The molecule has 8 aliphatic rings. The second-order valence-electron chi connectivity index (χ2n) is 25.5. The number of rotatable bonds is 7. The van der Waals surface area contributed by atoms with Gasteiger partial charge in [0.05, 0.1) is 11.1 Å². The number of amides is 6. The number of nitrogens with one attached hydrogen (secondary N) is 5. The molecule has 10 heterocycles. The fraction of sp³-hybridized carbons (Fsp3) is 0.586. The molecule has 83 heavy (non-hydrogen) atoms.